The number of ether oxygens (including phenoxy) is 1. The fourth-order valence-corrected chi connectivity index (χ4v) is 2.00. The Morgan fingerprint density at radius 3 is 2.44 bits per heavy atom. The van der Waals surface area contributed by atoms with Crippen LogP contribution < -0.4 is 4.74 Å². The first kappa shape index (κ1) is 13.0. The van der Waals surface area contributed by atoms with Crippen molar-refractivity contribution in [1.82, 2.24) is 0 Å². The van der Waals surface area contributed by atoms with Gasteiger partial charge in [0, 0.05) is 12.0 Å². The highest BCUT2D eigenvalue weighted by Gasteiger charge is 1.96. The molecule has 0 atom stereocenters. The van der Waals surface area contributed by atoms with Crippen molar-refractivity contribution < 1.29 is 4.74 Å². The van der Waals surface area contributed by atoms with Crippen molar-refractivity contribution in [2.75, 3.05) is 6.61 Å². The highest BCUT2D eigenvalue weighted by Crippen LogP contribution is 2.19. The van der Waals surface area contributed by atoms with Gasteiger partial charge in [-0.2, -0.15) is 0 Å². The molecule has 0 aromatic heterocycles. The molecule has 0 amide bonds. The summed E-state index contributed by atoms with van der Waals surface area (Å²) in [6.45, 7) is 0.625. The van der Waals surface area contributed by atoms with E-state index in [0.717, 1.165) is 21.3 Å². The SMILES string of the molecule is Ic1ccccc1OCCC#Cc1ccccc1. The lowest BCUT2D eigenvalue weighted by molar-refractivity contribution is 0.325. The second-order valence-electron chi connectivity index (χ2n) is 3.70. The van der Waals surface area contributed by atoms with Crippen LogP contribution >= 0.6 is 22.6 Å². The van der Waals surface area contributed by atoms with E-state index in [9.17, 15) is 0 Å². The van der Waals surface area contributed by atoms with Gasteiger partial charge in [0.1, 0.15) is 5.75 Å². The van der Waals surface area contributed by atoms with E-state index in [4.69, 9.17) is 4.74 Å². The number of para-hydroxylation sites is 1. The maximum Gasteiger partial charge on any atom is 0.132 e. The third-order valence-corrected chi connectivity index (χ3v) is 3.22. The van der Waals surface area contributed by atoms with Gasteiger partial charge in [0.15, 0.2) is 0 Å². The Bertz CT molecular complexity index is 552. The van der Waals surface area contributed by atoms with Crippen LogP contribution in [0.2, 0.25) is 0 Å². The molecule has 0 saturated carbocycles. The van der Waals surface area contributed by atoms with Crippen molar-refractivity contribution in [2.24, 2.45) is 0 Å². The largest absolute Gasteiger partial charge is 0.491 e. The summed E-state index contributed by atoms with van der Waals surface area (Å²) in [5, 5.41) is 0. The first-order valence-electron chi connectivity index (χ1n) is 5.77. The van der Waals surface area contributed by atoms with Gasteiger partial charge in [-0.25, -0.2) is 0 Å². The van der Waals surface area contributed by atoms with Crippen molar-refractivity contribution in [2.45, 2.75) is 6.42 Å². The van der Waals surface area contributed by atoms with E-state index in [2.05, 4.69) is 34.4 Å². The predicted octanol–water partition coefficient (Wildman–Crippen LogP) is 4.11. The summed E-state index contributed by atoms with van der Waals surface area (Å²) >= 11 is 2.27. The molecule has 0 spiro atoms. The lowest BCUT2D eigenvalue weighted by atomic mass is 10.2. The average molecular weight is 348 g/mol. The van der Waals surface area contributed by atoms with Crippen LogP contribution in [0.1, 0.15) is 12.0 Å². The Labute approximate surface area is 121 Å². The molecule has 0 unspecified atom stereocenters. The highest BCUT2D eigenvalue weighted by atomic mass is 127. The molecular formula is C16H13IO. The first-order chi connectivity index (χ1) is 8.86. The number of halogens is 1. The van der Waals surface area contributed by atoms with E-state index < -0.39 is 0 Å². The van der Waals surface area contributed by atoms with Crippen LogP contribution in [0.15, 0.2) is 54.6 Å². The summed E-state index contributed by atoms with van der Waals surface area (Å²) in [5.41, 5.74) is 1.05. The Morgan fingerprint density at radius 1 is 0.944 bits per heavy atom. The quantitative estimate of drug-likeness (QED) is 0.461. The van der Waals surface area contributed by atoms with Gasteiger partial charge in [-0.1, -0.05) is 42.2 Å². The Kier molecular flexibility index (Phi) is 5.10. The molecule has 0 N–H and O–H groups in total. The summed E-state index contributed by atoms with van der Waals surface area (Å²) in [5.74, 6) is 7.16. The molecule has 0 fully saturated rings. The van der Waals surface area contributed by atoms with Gasteiger partial charge < -0.3 is 4.74 Å². The van der Waals surface area contributed by atoms with E-state index in [1.54, 1.807) is 0 Å². The lowest BCUT2D eigenvalue weighted by Gasteiger charge is -2.05. The maximum absolute atomic E-state index is 5.66. The minimum atomic E-state index is 0.625. The van der Waals surface area contributed by atoms with Gasteiger partial charge in [0.25, 0.3) is 0 Å². The van der Waals surface area contributed by atoms with Gasteiger partial charge in [-0.3, -0.25) is 0 Å². The minimum absolute atomic E-state index is 0.625. The standard InChI is InChI=1S/C16H13IO/c17-15-11-4-5-12-16(15)18-13-7-6-10-14-8-2-1-3-9-14/h1-5,8-9,11-12H,7,13H2. The molecule has 0 saturated heterocycles. The van der Waals surface area contributed by atoms with Crippen molar-refractivity contribution in [3.63, 3.8) is 0 Å². The highest BCUT2D eigenvalue weighted by molar-refractivity contribution is 14.1. The van der Waals surface area contributed by atoms with Crippen LogP contribution in [0, 0.1) is 15.4 Å². The Morgan fingerprint density at radius 2 is 1.67 bits per heavy atom. The normalized spacial score (nSPS) is 9.39. The van der Waals surface area contributed by atoms with Gasteiger partial charge in [-0.15, -0.1) is 0 Å². The lowest BCUT2D eigenvalue weighted by Crippen LogP contribution is -1.97. The summed E-state index contributed by atoms with van der Waals surface area (Å²) in [6, 6.07) is 18.0. The second-order valence-corrected chi connectivity index (χ2v) is 4.86. The molecule has 0 aliphatic heterocycles. The van der Waals surface area contributed by atoms with E-state index in [1.165, 1.54) is 0 Å². The smallest absolute Gasteiger partial charge is 0.132 e. The predicted molar refractivity (Wildman–Crippen MR) is 82.6 cm³/mol. The molecule has 2 heteroatoms. The number of hydrogen-bond acceptors (Lipinski definition) is 1. The van der Waals surface area contributed by atoms with Crippen LogP contribution in [0.3, 0.4) is 0 Å². The Hall–Kier alpha value is -1.47. The molecule has 0 aliphatic carbocycles. The third kappa shape index (κ3) is 4.08. The molecular weight excluding hydrogens is 335 g/mol. The monoisotopic (exact) mass is 348 g/mol. The van der Waals surface area contributed by atoms with E-state index >= 15 is 0 Å². The van der Waals surface area contributed by atoms with Crippen LogP contribution in [0.25, 0.3) is 0 Å². The summed E-state index contributed by atoms with van der Waals surface area (Å²) in [7, 11) is 0. The Balaban J connectivity index is 1.81. The molecule has 90 valence electrons. The van der Waals surface area contributed by atoms with Crippen LogP contribution in [0.4, 0.5) is 0 Å². The zero-order valence-electron chi connectivity index (χ0n) is 9.90. The molecule has 2 aromatic rings. The molecule has 18 heavy (non-hydrogen) atoms. The molecule has 1 nitrogen and oxygen atoms in total. The zero-order chi connectivity index (χ0) is 12.6. The van der Waals surface area contributed by atoms with Gasteiger partial charge in [-0.05, 0) is 46.9 Å². The van der Waals surface area contributed by atoms with Crippen LogP contribution in [-0.2, 0) is 0 Å². The number of hydrogen-bond donors (Lipinski definition) is 0. The van der Waals surface area contributed by atoms with Gasteiger partial charge in [0.2, 0.25) is 0 Å². The second kappa shape index (κ2) is 7.07. The van der Waals surface area contributed by atoms with Crippen molar-refractivity contribution >= 4 is 22.6 Å². The van der Waals surface area contributed by atoms with Gasteiger partial charge >= 0.3 is 0 Å². The fourth-order valence-electron chi connectivity index (χ4n) is 1.46. The van der Waals surface area contributed by atoms with Crippen molar-refractivity contribution in [3.05, 3.63) is 63.7 Å². The molecule has 0 bridgehead atoms. The molecule has 0 radical (unpaired) electrons. The van der Waals surface area contributed by atoms with E-state index in [0.29, 0.717) is 6.61 Å². The average Bonchev–Trinajstić information content (AvgIpc) is 2.42. The first-order valence-corrected chi connectivity index (χ1v) is 6.85. The zero-order valence-corrected chi connectivity index (χ0v) is 12.1. The number of benzene rings is 2. The molecule has 0 aliphatic rings. The van der Waals surface area contributed by atoms with Crippen molar-refractivity contribution in [1.29, 1.82) is 0 Å². The number of rotatable bonds is 3. The minimum Gasteiger partial charge on any atom is -0.491 e. The van der Waals surface area contributed by atoms with Crippen molar-refractivity contribution in [3.8, 4) is 17.6 Å². The molecule has 2 aromatic carbocycles. The van der Waals surface area contributed by atoms with Gasteiger partial charge in [0.05, 0.1) is 10.2 Å². The fraction of sp³-hybridized carbons (Fsp3) is 0.125. The summed E-state index contributed by atoms with van der Waals surface area (Å²) in [6.07, 6.45) is 0.736. The topological polar surface area (TPSA) is 9.23 Å². The molecule has 0 heterocycles. The molecule has 2 rings (SSSR count). The van der Waals surface area contributed by atoms with E-state index in [-0.39, 0.29) is 0 Å². The summed E-state index contributed by atoms with van der Waals surface area (Å²) in [4.78, 5) is 0. The summed E-state index contributed by atoms with van der Waals surface area (Å²) < 4.78 is 6.80. The van der Waals surface area contributed by atoms with Crippen LogP contribution in [-0.4, -0.2) is 6.61 Å². The van der Waals surface area contributed by atoms with E-state index in [1.807, 2.05) is 54.6 Å². The van der Waals surface area contributed by atoms with Crippen LogP contribution in [0.5, 0.6) is 5.75 Å². The third-order valence-electron chi connectivity index (χ3n) is 2.33. The maximum atomic E-state index is 5.66.